The van der Waals surface area contributed by atoms with Gasteiger partial charge in [-0.3, -0.25) is 9.59 Å². The number of hydrogen-bond donors (Lipinski definition) is 0. The van der Waals surface area contributed by atoms with Crippen molar-refractivity contribution in [3.05, 3.63) is 96.6 Å². The van der Waals surface area contributed by atoms with E-state index in [0.717, 1.165) is 17.8 Å². The van der Waals surface area contributed by atoms with E-state index in [2.05, 4.69) is 0 Å². The van der Waals surface area contributed by atoms with E-state index in [1.54, 1.807) is 4.90 Å². The van der Waals surface area contributed by atoms with Crippen LogP contribution in [0.2, 0.25) is 0 Å². The van der Waals surface area contributed by atoms with Gasteiger partial charge in [0.25, 0.3) is 5.91 Å². The van der Waals surface area contributed by atoms with Gasteiger partial charge < -0.3 is 14.7 Å². The minimum atomic E-state index is 0.0218. The Morgan fingerprint density at radius 1 is 0.839 bits per heavy atom. The third-order valence-electron chi connectivity index (χ3n) is 5.84. The van der Waals surface area contributed by atoms with E-state index in [9.17, 15) is 9.59 Å². The third kappa shape index (κ3) is 4.77. The Morgan fingerprint density at radius 2 is 1.35 bits per heavy atom. The molecular weight excluding hydrogens is 386 g/mol. The minimum Gasteiger partial charge on any atom is -0.339 e. The van der Waals surface area contributed by atoms with Gasteiger partial charge in [0.15, 0.2) is 0 Å². The molecule has 158 valence electrons. The molecule has 1 aliphatic rings. The molecule has 3 aromatic rings. The number of likely N-dealkylation sites (N-methyl/N-ethyl adjacent to an activating group) is 1. The quantitative estimate of drug-likeness (QED) is 0.608. The van der Waals surface area contributed by atoms with Gasteiger partial charge >= 0.3 is 0 Å². The highest BCUT2D eigenvalue weighted by atomic mass is 16.2. The molecule has 1 aliphatic heterocycles. The second-order valence-electron chi connectivity index (χ2n) is 7.82. The maximum absolute atomic E-state index is 13.2. The van der Waals surface area contributed by atoms with Crippen LogP contribution in [0.1, 0.15) is 16.8 Å². The number of amides is 2. The van der Waals surface area contributed by atoms with Crippen LogP contribution in [0.25, 0.3) is 0 Å². The fraction of sp³-hybridized carbons (Fsp3) is 0.231. The molecule has 1 heterocycles. The maximum atomic E-state index is 13.2. The van der Waals surface area contributed by atoms with E-state index >= 15 is 0 Å². The summed E-state index contributed by atoms with van der Waals surface area (Å²) in [7, 11) is 1.84. The zero-order chi connectivity index (χ0) is 21.6. The van der Waals surface area contributed by atoms with Crippen LogP contribution in [0.3, 0.4) is 0 Å². The molecule has 1 saturated heterocycles. The van der Waals surface area contributed by atoms with E-state index in [4.69, 9.17) is 0 Å². The summed E-state index contributed by atoms with van der Waals surface area (Å²) >= 11 is 0. The van der Waals surface area contributed by atoms with Crippen LogP contribution in [0.4, 0.5) is 11.4 Å². The van der Waals surface area contributed by atoms with E-state index < -0.39 is 0 Å². The molecule has 0 radical (unpaired) electrons. The molecule has 1 unspecified atom stereocenters. The van der Waals surface area contributed by atoms with Crippen molar-refractivity contribution in [2.75, 3.05) is 31.6 Å². The van der Waals surface area contributed by atoms with E-state index in [1.165, 1.54) is 0 Å². The number of anilines is 2. The average molecular weight is 414 g/mol. The zero-order valence-corrected chi connectivity index (χ0v) is 17.7. The molecule has 5 heteroatoms. The van der Waals surface area contributed by atoms with Crippen molar-refractivity contribution in [2.45, 2.75) is 12.5 Å². The third-order valence-corrected chi connectivity index (χ3v) is 5.84. The van der Waals surface area contributed by atoms with Crippen LogP contribution in [0.15, 0.2) is 91.0 Å². The lowest BCUT2D eigenvalue weighted by molar-refractivity contribution is -0.130. The largest absolute Gasteiger partial charge is 0.339 e. The van der Waals surface area contributed by atoms with E-state index in [0.29, 0.717) is 18.7 Å². The van der Waals surface area contributed by atoms with Crippen LogP contribution in [0.5, 0.6) is 0 Å². The first kappa shape index (κ1) is 20.7. The van der Waals surface area contributed by atoms with Gasteiger partial charge in [0.05, 0.1) is 6.04 Å². The van der Waals surface area contributed by atoms with Crippen LogP contribution < -0.4 is 4.90 Å². The van der Waals surface area contributed by atoms with Crippen molar-refractivity contribution in [2.24, 2.45) is 0 Å². The Bertz CT molecular complexity index is 969. The molecule has 1 atom stereocenters. The van der Waals surface area contributed by atoms with Gasteiger partial charge in [-0.25, -0.2) is 0 Å². The summed E-state index contributed by atoms with van der Waals surface area (Å²) in [4.78, 5) is 31.6. The molecule has 0 aliphatic carbocycles. The zero-order valence-electron chi connectivity index (χ0n) is 17.7. The van der Waals surface area contributed by atoms with Gasteiger partial charge in [-0.05, 0) is 42.8 Å². The number of para-hydroxylation sites is 2. The van der Waals surface area contributed by atoms with Gasteiger partial charge in [0.1, 0.15) is 6.54 Å². The number of carbonyl (C=O) groups is 2. The molecule has 3 aromatic carbocycles. The Morgan fingerprint density at radius 3 is 1.90 bits per heavy atom. The molecule has 0 spiro atoms. The normalized spacial score (nSPS) is 15.5. The minimum absolute atomic E-state index is 0.0218. The highest BCUT2D eigenvalue weighted by molar-refractivity contribution is 5.94. The van der Waals surface area contributed by atoms with Crippen molar-refractivity contribution in [3.63, 3.8) is 0 Å². The number of carbonyl (C=O) groups excluding carboxylic acids is 2. The van der Waals surface area contributed by atoms with Crippen molar-refractivity contribution >= 4 is 23.2 Å². The highest BCUT2D eigenvalue weighted by Crippen LogP contribution is 2.25. The van der Waals surface area contributed by atoms with Crippen molar-refractivity contribution in [3.8, 4) is 0 Å². The average Bonchev–Trinajstić information content (AvgIpc) is 3.33. The number of nitrogens with zero attached hydrogens (tertiary/aromatic N) is 3. The van der Waals surface area contributed by atoms with Gasteiger partial charge in [-0.2, -0.15) is 0 Å². The monoisotopic (exact) mass is 413 g/mol. The summed E-state index contributed by atoms with van der Waals surface area (Å²) in [6, 6.07) is 29.2. The maximum Gasteiger partial charge on any atom is 0.253 e. The molecule has 4 rings (SSSR count). The standard InChI is InChI=1S/C26H27N3O2/c1-27(24-17-18-28(19-24)26(31)21-11-5-2-6-12-21)25(30)20-29(22-13-7-3-8-14-22)23-15-9-4-10-16-23/h2-16,24H,17-20H2,1H3. The van der Waals surface area contributed by atoms with Crippen LogP contribution in [0, 0.1) is 0 Å². The summed E-state index contributed by atoms with van der Waals surface area (Å²) in [5, 5.41) is 0. The second kappa shape index (κ2) is 9.47. The number of hydrogen-bond acceptors (Lipinski definition) is 3. The lowest BCUT2D eigenvalue weighted by Gasteiger charge is -2.30. The van der Waals surface area contributed by atoms with Gasteiger partial charge in [-0.1, -0.05) is 54.6 Å². The predicted molar refractivity (Wildman–Crippen MR) is 123 cm³/mol. The van der Waals surface area contributed by atoms with Crippen molar-refractivity contribution < 1.29 is 9.59 Å². The van der Waals surface area contributed by atoms with Gasteiger partial charge in [-0.15, -0.1) is 0 Å². The number of benzene rings is 3. The molecule has 0 bridgehead atoms. The summed E-state index contributed by atoms with van der Waals surface area (Å²) in [5.41, 5.74) is 2.64. The fourth-order valence-corrected chi connectivity index (χ4v) is 4.00. The van der Waals surface area contributed by atoms with Crippen LogP contribution >= 0.6 is 0 Å². The Balaban J connectivity index is 1.44. The van der Waals surface area contributed by atoms with Crippen LogP contribution in [-0.4, -0.2) is 54.3 Å². The summed E-state index contributed by atoms with van der Waals surface area (Å²) in [5.74, 6) is 0.0610. The first-order valence-corrected chi connectivity index (χ1v) is 10.6. The first-order chi connectivity index (χ1) is 15.1. The first-order valence-electron chi connectivity index (χ1n) is 10.6. The fourth-order valence-electron chi connectivity index (χ4n) is 4.00. The molecule has 31 heavy (non-hydrogen) atoms. The SMILES string of the molecule is CN(C(=O)CN(c1ccccc1)c1ccccc1)C1CCN(C(=O)c2ccccc2)C1. The lowest BCUT2D eigenvalue weighted by Crippen LogP contribution is -2.44. The number of likely N-dealkylation sites (tertiary alicyclic amines) is 1. The van der Waals surface area contributed by atoms with Crippen molar-refractivity contribution in [1.82, 2.24) is 9.80 Å². The molecule has 1 fully saturated rings. The molecule has 2 amide bonds. The molecule has 5 nitrogen and oxygen atoms in total. The summed E-state index contributed by atoms with van der Waals surface area (Å²) < 4.78 is 0. The van der Waals surface area contributed by atoms with Gasteiger partial charge in [0, 0.05) is 37.1 Å². The summed E-state index contributed by atoms with van der Waals surface area (Å²) in [6.07, 6.45) is 0.789. The molecule has 0 saturated carbocycles. The molecular formula is C26H27N3O2. The van der Waals surface area contributed by atoms with Crippen molar-refractivity contribution in [1.29, 1.82) is 0 Å². The topological polar surface area (TPSA) is 43.9 Å². The Labute approximate surface area is 183 Å². The molecule has 0 N–H and O–H groups in total. The predicted octanol–water partition coefficient (Wildman–Crippen LogP) is 4.20. The second-order valence-corrected chi connectivity index (χ2v) is 7.82. The van der Waals surface area contributed by atoms with E-state index in [1.807, 2.05) is 108 Å². The smallest absolute Gasteiger partial charge is 0.253 e. The molecule has 0 aromatic heterocycles. The van der Waals surface area contributed by atoms with E-state index in [-0.39, 0.29) is 24.4 Å². The lowest BCUT2D eigenvalue weighted by atomic mass is 10.2. The van der Waals surface area contributed by atoms with Crippen LogP contribution in [-0.2, 0) is 4.79 Å². The van der Waals surface area contributed by atoms with Gasteiger partial charge in [0.2, 0.25) is 5.91 Å². The number of rotatable bonds is 6. The Hall–Kier alpha value is -3.60. The highest BCUT2D eigenvalue weighted by Gasteiger charge is 2.32. The summed E-state index contributed by atoms with van der Waals surface area (Å²) in [6.45, 7) is 1.47. The Kier molecular flexibility index (Phi) is 6.32.